The molecule has 0 atom stereocenters. The molecule has 162 valence electrons. The molecule has 0 aliphatic heterocycles. The molecule has 0 aliphatic carbocycles. The van der Waals surface area contributed by atoms with E-state index in [9.17, 15) is 13.6 Å². The highest BCUT2D eigenvalue weighted by atomic mass is 19.1. The number of carbonyl (C=O) groups is 1. The summed E-state index contributed by atoms with van der Waals surface area (Å²) in [5, 5.41) is 7.12. The van der Waals surface area contributed by atoms with Gasteiger partial charge in [-0.1, -0.05) is 18.2 Å². The summed E-state index contributed by atoms with van der Waals surface area (Å²) in [6.45, 7) is 3.72. The van der Waals surface area contributed by atoms with Gasteiger partial charge in [0.25, 0.3) is 5.91 Å². The van der Waals surface area contributed by atoms with Gasteiger partial charge in [-0.25, -0.2) is 13.5 Å². The minimum Gasteiger partial charge on any atom is -0.460 e. The third-order valence-electron chi connectivity index (χ3n) is 4.50. The Morgan fingerprint density at radius 3 is 2.47 bits per heavy atom. The van der Waals surface area contributed by atoms with Gasteiger partial charge >= 0.3 is 6.01 Å². The van der Waals surface area contributed by atoms with Gasteiger partial charge in [-0.2, -0.15) is 4.98 Å². The molecule has 8 heteroatoms. The first-order chi connectivity index (χ1) is 15.4. The average Bonchev–Trinajstić information content (AvgIpc) is 3.18. The molecule has 6 nitrogen and oxygen atoms in total. The SMILES string of the molecule is CC(C)Oc1nc(-c2ccc(F)cc2)n(-c2cccc(NC(=O)c3ccccc3F)c2)n1. The van der Waals surface area contributed by atoms with E-state index in [0.717, 1.165) is 0 Å². The molecule has 3 aromatic carbocycles. The predicted octanol–water partition coefficient (Wildman–Crippen LogP) is 5.25. The number of hydrogen-bond donors (Lipinski definition) is 1. The second-order valence-electron chi connectivity index (χ2n) is 7.29. The number of carbonyl (C=O) groups excluding carboxylic acids is 1. The Kier molecular flexibility index (Phi) is 5.93. The van der Waals surface area contributed by atoms with Crippen molar-refractivity contribution < 1.29 is 18.3 Å². The first-order valence-electron chi connectivity index (χ1n) is 9.96. The zero-order valence-electron chi connectivity index (χ0n) is 17.4. The van der Waals surface area contributed by atoms with E-state index >= 15 is 0 Å². The minimum absolute atomic E-state index is 0.0571. The molecule has 1 heterocycles. The molecule has 4 rings (SSSR count). The van der Waals surface area contributed by atoms with Gasteiger partial charge in [0.15, 0.2) is 5.82 Å². The van der Waals surface area contributed by atoms with E-state index in [1.807, 2.05) is 13.8 Å². The second kappa shape index (κ2) is 8.97. The molecule has 0 unspecified atom stereocenters. The number of halogens is 2. The van der Waals surface area contributed by atoms with Gasteiger partial charge in [-0.15, -0.1) is 5.10 Å². The van der Waals surface area contributed by atoms with Crippen molar-refractivity contribution in [3.8, 4) is 23.1 Å². The van der Waals surface area contributed by atoms with Crippen LogP contribution in [-0.2, 0) is 0 Å². The Balaban J connectivity index is 1.70. The van der Waals surface area contributed by atoms with Crippen LogP contribution in [0.1, 0.15) is 24.2 Å². The van der Waals surface area contributed by atoms with Crippen molar-refractivity contribution in [3.05, 3.63) is 90.0 Å². The van der Waals surface area contributed by atoms with Crippen LogP contribution >= 0.6 is 0 Å². The number of ether oxygens (including phenoxy) is 1. The van der Waals surface area contributed by atoms with Crippen molar-refractivity contribution in [2.75, 3.05) is 5.32 Å². The Labute approximate surface area is 183 Å². The summed E-state index contributed by atoms with van der Waals surface area (Å²) in [7, 11) is 0. The lowest BCUT2D eigenvalue weighted by atomic mass is 10.2. The fourth-order valence-electron chi connectivity index (χ4n) is 3.08. The first kappa shape index (κ1) is 21.2. The number of nitrogens with one attached hydrogen (secondary N) is 1. The van der Waals surface area contributed by atoms with E-state index < -0.39 is 11.7 Å². The van der Waals surface area contributed by atoms with Crippen molar-refractivity contribution >= 4 is 11.6 Å². The largest absolute Gasteiger partial charge is 0.460 e. The first-order valence-corrected chi connectivity index (χ1v) is 9.96. The molecule has 1 amide bonds. The second-order valence-corrected chi connectivity index (χ2v) is 7.29. The Morgan fingerprint density at radius 1 is 1.00 bits per heavy atom. The molecular formula is C24H20F2N4O2. The molecular weight excluding hydrogens is 414 g/mol. The normalized spacial score (nSPS) is 10.9. The fourth-order valence-corrected chi connectivity index (χ4v) is 3.08. The Morgan fingerprint density at radius 2 is 1.75 bits per heavy atom. The fraction of sp³-hybridized carbons (Fsp3) is 0.125. The quantitative estimate of drug-likeness (QED) is 0.450. The monoisotopic (exact) mass is 434 g/mol. The highest BCUT2D eigenvalue weighted by molar-refractivity contribution is 6.04. The van der Waals surface area contributed by atoms with Crippen molar-refractivity contribution in [2.45, 2.75) is 20.0 Å². The van der Waals surface area contributed by atoms with E-state index in [4.69, 9.17) is 4.74 Å². The molecule has 4 aromatic rings. The summed E-state index contributed by atoms with van der Waals surface area (Å²) in [6.07, 6.45) is -0.140. The maximum Gasteiger partial charge on any atom is 0.336 e. The standard InChI is InChI=1S/C24H20F2N4O2/c1-15(2)32-24-28-22(16-10-12-17(25)13-11-16)30(29-24)19-7-5-6-18(14-19)27-23(31)20-8-3-4-9-21(20)26/h3-15H,1-2H3,(H,27,31). The van der Waals surface area contributed by atoms with Crippen LogP contribution in [0.25, 0.3) is 17.1 Å². The number of hydrogen-bond acceptors (Lipinski definition) is 4. The molecule has 0 bridgehead atoms. The van der Waals surface area contributed by atoms with Crippen LogP contribution in [0.15, 0.2) is 72.8 Å². The zero-order valence-corrected chi connectivity index (χ0v) is 17.4. The van der Waals surface area contributed by atoms with Gasteiger partial charge in [-0.3, -0.25) is 4.79 Å². The highest BCUT2D eigenvalue weighted by Gasteiger charge is 2.17. The van der Waals surface area contributed by atoms with Crippen LogP contribution in [0, 0.1) is 11.6 Å². The van der Waals surface area contributed by atoms with Gasteiger partial charge in [0.05, 0.1) is 17.4 Å². The lowest BCUT2D eigenvalue weighted by Gasteiger charge is -2.10. The van der Waals surface area contributed by atoms with Gasteiger partial charge < -0.3 is 10.1 Å². The number of benzene rings is 3. The molecule has 0 radical (unpaired) electrons. The Bertz CT molecular complexity index is 1250. The van der Waals surface area contributed by atoms with Gasteiger partial charge in [0.2, 0.25) is 0 Å². The molecule has 0 aliphatic rings. The molecule has 0 spiro atoms. The predicted molar refractivity (Wildman–Crippen MR) is 117 cm³/mol. The number of amides is 1. The van der Waals surface area contributed by atoms with Gasteiger partial charge in [0.1, 0.15) is 11.6 Å². The highest BCUT2D eigenvalue weighted by Crippen LogP contribution is 2.26. The van der Waals surface area contributed by atoms with Crippen molar-refractivity contribution in [3.63, 3.8) is 0 Å². The molecule has 0 saturated heterocycles. The molecule has 1 aromatic heterocycles. The van der Waals surface area contributed by atoms with E-state index in [-0.39, 0.29) is 23.5 Å². The number of anilines is 1. The number of nitrogens with zero attached hydrogens (tertiary/aromatic N) is 3. The van der Waals surface area contributed by atoms with E-state index in [0.29, 0.717) is 22.8 Å². The lowest BCUT2D eigenvalue weighted by molar-refractivity contribution is 0.102. The topological polar surface area (TPSA) is 69.0 Å². The van der Waals surface area contributed by atoms with Crippen LogP contribution in [-0.4, -0.2) is 26.8 Å². The third kappa shape index (κ3) is 4.64. The third-order valence-corrected chi connectivity index (χ3v) is 4.50. The van der Waals surface area contributed by atoms with Crippen molar-refractivity contribution in [2.24, 2.45) is 0 Å². The molecule has 1 N–H and O–H groups in total. The summed E-state index contributed by atoms with van der Waals surface area (Å²) < 4.78 is 34.5. The van der Waals surface area contributed by atoms with Crippen molar-refractivity contribution in [1.29, 1.82) is 0 Å². The lowest BCUT2D eigenvalue weighted by Crippen LogP contribution is -2.14. The summed E-state index contributed by atoms with van der Waals surface area (Å²) >= 11 is 0. The maximum absolute atomic E-state index is 13.9. The van der Waals surface area contributed by atoms with Crippen LogP contribution in [0.2, 0.25) is 0 Å². The van der Waals surface area contributed by atoms with Crippen molar-refractivity contribution in [1.82, 2.24) is 14.8 Å². The molecule has 0 fully saturated rings. The van der Waals surface area contributed by atoms with Crippen LogP contribution in [0.5, 0.6) is 6.01 Å². The summed E-state index contributed by atoms with van der Waals surface area (Å²) in [5.41, 5.74) is 1.61. The van der Waals surface area contributed by atoms with Gasteiger partial charge in [-0.05, 0) is 68.4 Å². The number of aromatic nitrogens is 3. The van der Waals surface area contributed by atoms with E-state index in [2.05, 4.69) is 15.4 Å². The maximum atomic E-state index is 13.9. The minimum atomic E-state index is -0.605. The Hall–Kier alpha value is -4.07. The zero-order chi connectivity index (χ0) is 22.7. The smallest absolute Gasteiger partial charge is 0.336 e. The van der Waals surface area contributed by atoms with Crippen LogP contribution in [0.3, 0.4) is 0 Å². The average molecular weight is 434 g/mol. The summed E-state index contributed by atoms with van der Waals surface area (Å²) in [6, 6.07) is 18.6. The van der Waals surface area contributed by atoms with Crippen LogP contribution in [0.4, 0.5) is 14.5 Å². The number of rotatable bonds is 6. The summed E-state index contributed by atoms with van der Waals surface area (Å²) in [4.78, 5) is 16.9. The van der Waals surface area contributed by atoms with Gasteiger partial charge in [0, 0.05) is 11.3 Å². The summed E-state index contributed by atoms with van der Waals surface area (Å²) in [5.74, 6) is -1.09. The molecule has 32 heavy (non-hydrogen) atoms. The van der Waals surface area contributed by atoms with Crippen LogP contribution < -0.4 is 10.1 Å². The van der Waals surface area contributed by atoms with E-state index in [1.54, 1.807) is 47.1 Å². The van der Waals surface area contributed by atoms with E-state index in [1.165, 1.54) is 30.3 Å². The molecule has 0 saturated carbocycles.